The van der Waals surface area contributed by atoms with Gasteiger partial charge in [0.25, 0.3) is 0 Å². The second-order valence-corrected chi connectivity index (χ2v) is 4.88. The summed E-state index contributed by atoms with van der Waals surface area (Å²) in [5, 5.41) is 11.3. The molecule has 2 N–H and O–H groups in total. The minimum absolute atomic E-state index is 0.852. The van der Waals surface area contributed by atoms with Crippen molar-refractivity contribution in [3.05, 3.63) is 0 Å². The summed E-state index contributed by atoms with van der Waals surface area (Å²) in [4.78, 5) is 33.3. The third kappa shape index (κ3) is 5.06. The van der Waals surface area contributed by atoms with Crippen LogP contribution in [0.25, 0.3) is 0 Å². The van der Waals surface area contributed by atoms with E-state index in [2.05, 4.69) is 0 Å². The van der Waals surface area contributed by atoms with E-state index in [0.717, 1.165) is 13.8 Å². The minimum Gasteiger partial charge on any atom is -0.457 e. The predicted molar refractivity (Wildman–Crippen MR) is 65.6 cm³/mol. The average molecular weight is 343 g/mol. The van der Waals surface area contributed by atoms with Crippen molar-refractivity contribution in [1.29, 1.82) is 0 Å². The van der Waals surface area contributed by atoms with E-state index in [1.165, 1.54) is 6.92 Å². The number of rotatable bonds is 3. The van der Waals surface area contributed by atoms with Crippen molar-refractivity contribution < 1.29 is 46.9 Å². The molecule has 0 bridgehead atoms. The zero-order chi connectivity index (χ0) is 17.9. The van der Waals surface area contributed by atoms with Crippen molar-refractivity contribution in [3.8, 4) is 0 Å². The summed E-state index contributed by atoms with van der Waals surface area (Å²) in [6, 6.07) is -1.64. The van der Waals surface area contributed by atoms with Crippen LogP contribution in [0, 0.1) is 0 Å². The predicted octanol–water partition coefficient (Wildman–Crippen LogP) is -0.366. The zero-order valence-corrected chi connectivity index (χ0v) is 12.4. The van der Waals surface area contributed by atoms with Crippen molar-refractivity contribution in [3.63, 3.8) is 0 Å². The van der Waals surface area contributed by atoms with Gasteiger partial charge >= 0.3 is 24.0 Å². The van der Waals surface area contributed by atoms with Crippen LogP contribution in [-0.4, -0.2) is 59.8 Å². The lowest BCUT2D eigenvalue weighted by Gasteiger charge is -2.42. The van der Waals surface area contributed by atoms with Gasteiger partial charge < -0.3 is 24.6 Å². The number of esters is 2. The Morgan fingerprint density at radius 2 is 1.57 bits per heavy atom. The summed E-state index contributed by atoms with van der Waals surface area (Å²) in [6.07, 6.45) is -11.2. The molecule has 1 aliphatic heterocycles. The van der Waals surface area contributed by atoms with Crippen molar-refractivity contribution in [2.75, 3.05) is 0 Å². The number of halogens is 3. The van der Waals surface area contributed by atoms with Crippen molar-refractivity contribution in [1.82, 2.24) is 5.32 Å². The van der Waals surface area contributed by atoms with Crippen molar-refractivity contribution in [2.24, 2.45) is 0 Å². The van der Waals surface area contributed by atoms with E-state index >= 15 is 0 Å². The number of ether oxygens (including phenoxy) is 3. The van der Waals surface area contributed by atoms with Crippen LogP contribution in [0.5, 0.6) is 0 Å². The highest BCUT2D eigenvalue weighted by atomic mass is 19.4. The van der Waals surface area contributed by atoms with Gasteiger partial charge in [0.15, 0.2) is 18.5 Å². The molecule has 1 saturated heterocycles. The van der Waals surface area contributed by atoms with Gasteiger partial charge in [-0.1, -0.05) is 0 Å². The second-order valence-electron chi connectivity index (χ2n) is 4.88. The first-order valence-electron chi connectivity index (χ1n) is 6.49. The molecule has 8 nitrogen and oxygen atoms in total. The summed E-state index contributed by atoms with van der Waals surface area (Å²) in [6.45, 7) is 3.27. The monoisotopic (exact) mass is 343 g/mol. The van der Waals surface area contributed by atoms with Crippen LogP contribution in [0.2, 0.25) is 0 Å². The number of carbonyl (C=O) groups is 3. The first-order valence-corrected chi connectivity index (χ1v) is 6.49. The molecule has 1 aliphatic rings. The molecule has 0 aromatic heterocycles. The molecular formula is C12H16F3NO7. The van der Waals surface area contributed by atoms with Gasteiger partial charge in [0.2, 0.25) is 0 Å². The van der Waals surface area contributed by atoms with E-state index in [0.29, 0.717) is 0 Å². The van der Waals surface area contributed by atoms with Crippen LogP contribution in [0.4, 0.5) is 13.2 Å². The number of carbonyl (C=O) groups excluding carboxylic acids is 3. The third-order valence-corrected chi connectivity index (χ3v) is 2.96. The maximum absolute atomic E-state index is 12.5. The number of hydrogen-bond donors (Lipinski definition) is 2. The Bertz CT molecular complexity index is 454. The molecule has 132 valence electrons. The molecule has 11 heteroatoms. The lowest BCUT2D eigenvalue weighted by Crippen LogP contribution is -2.66. The Morgan fingerprint density at radius 1 is 1.09 bits per heavy atom. The molecule has 0 aromatic carbocycles. The minimum atomic E-state index is -5.21. The van der Waals surface area contributed by atoms with E-state index in [9.17, 15) is 32.7 Å². The maximum Gasteiger partial charge on any atom is 0.471 e. The van der Waals surface area contributed by atoms with Gasteiger partial charge in [-0.2, -0.15) is 13.2 Å². The third-order valence-electron chi connectivity index (χ3n) is 2.96. The largest absolute Gasteiger partial charge is 0.471 e. The Morgan fingerprint density at radius 3 is 2.00 bits per heavy atom. The molecule has 23 heavy (non-hydrogen) atoms. The highest BCUT2D eigenvalue weighted by molar-refractivity contribution is 5.82. The van der Waals surface area contributed by atoms with Gasteiger partial charge in [-0.05, 0) is 6.92 Å². The summed E-state index contributed by atoms with van der Waals surface area (Å²) in [5.74, 6) is -4.12. The van der Waals surface area contributed by atoms with Crippen LogP contribution in [0.3, 0.4) is 0 Å². The van der Waals surface area contributed by atoms with Crippen molar-refractivity contribution in [2.45, 2.75) is 57.6 Å². The lowest BCUT2D eigenvalue weighted by atomic mass is 9.96. The first kappa shape index (κ1) is 19.2. The fourth-order valence-corrected chi connectivity index (χ4v) is 2.11. The van der Waals surface area contributed by atoms with Gasteiger partial charge in [-0.15, -0.1) is 0 Å². The molecule has 1 fully saturated rings. The molecule has 0 unspecified atom stereocenters. The molecular weight excluding hydrogens is 327 g/mol. The van der Waals surface area contributed by atoms with E-state index in [1.54, 1.807) is 5.32 Å². The first-order chi connectivity index (χ1) is 10.4. The smallest absolute Gasteiger partial charge is 0.457 e. The highest BCUT2D eigenvalue weighted by Gasteiger charge is 2.51. The van der Waals surface area contributed by atoms with Crippen LogP contribution < -0.4 is 5.32 Å². The standard InChI is InChI=1S/C12H16F3NO7/c1-4-8(22-5(2)17)7(16-11(20)12(13,14)15)9(10(19)21-4)23-6(3)18/h4,7-10,19H,1-3H3,(H,16,20)/t4-,7+,8+,9+,10+/m0/s1. The fraction of sp³-hybridized carbons (Fsp3) is 0.750. The maximum atomic E-state index is 12.5. The molecule has 1 heterocycles. The van der Waals surface area contributed by atoms with Gasteiger partial charge in [-0.3, -0.25) is 14.4 Å². The average Bonchev–Trinajstić information content (AvgIpc) is 2.36. The molecule has 5 atom stereocenters. The summed E-state index contributed by atoms with van der Waals surface area (Å²) < 4.78 is 51.9. The molecule has 0 spiro atoms. The Kier molecular flexibility index (Phi) is 5.94. The van der Waals surface area contributed by atoms with Crippen molar-refractivity contribution >= 4 is 17.8 Å². The molecule has 1 amide bonds. The molecule has 0 radical (unpaired) electrons. The van der Waals surface area contributed by atoms with E-state index in [-0.39, 0.29) is 0 Å². The lowest BCUT2D eigenvalue weighted by molar-refractivity contribution is -0.263. The van der Waals surface area contributed by atoms with Crippen LogP contribution in [0.15, 0.2) is 0 Å². The fourth-order valence-electron chi connectivity index (χ4n) is 2.11. The number of nitrogens with one attached hydrogen (secondary N) is 1. The number of aliphatic hydroxyl groups is 1. The number of alkyl halides is 3. The SMILES string of the molecule is CC(=O)O[C@@H]1[C@H](NC(=O)C(F)(F)F)[C@H](OC(C)=O)[C@H](C)O[C@H]1O. The van der Waals surface area contributed by atoms with Gasteiger partial charge in [0.1, 0.15) is 6.04 Å². The Labute approximate surface area is 128 Å². The molecule has 0 saturated carbocycles. The molecule has 0 aromatic rings. The van der Waals surface area contributed by atoms with Crippen LogP contribution in [0.1, 0.15) is 20.8 Å². The summed E-state index contributed by atoms with van der Waals surface area (Å²) in [5.41, 5.74) is 0. The Balaban J connectivity index is 3.12. The van der Waals surface area contributed by atoms with E-state index in [1.807, 2.05) is 0 Å². The molecule has 1 rings (SSSR count). The quantitative estimate of drug-likeness (QED) is 0.673. The molecule has 0 aliphatic carbocycles. The topological polar surface area (TPSA) is 111 Å². The number of aliphatic hydroxyl groups excluding tert-OH is 1. The number of amides is 1. The van der Waals surface area contributed by atoms with E-state index < -0.39 is 54.7 Å². The van der Waals surface area contributed by atoms with Crippen LogP contribution in [-0.2, 0) is 28.6 Å². The zero-order valence-electron chi connectivity index (χ0n) is 12.4. The van der Waals surface area contributed by atoms with Crippen LogP contribution >= 0.6 is 0 Å². The van der Waals surface area contributed by atoms with E-state index in [4.69, 9.17) is 14.2 Å². The van der Waals surface area contributed by atoms with Gasteiger partial charge in [0, 0.05) is 13.8 Å². The van der Waals surface area contributed by atoms with Gasteiger partial charge in [0.05, 0.1) is 6.10 Å². The highest BCUT2D eigenvalue weighted by Crippen LogP contribution is 2.26. The van der Waals surface area contributed by atoms with Gasteiger partial charge in [-0.25, -0.2) is 0 Å². The second kappa shape index (κ2) is 7.13. The normalized spacial score (nSPS) is 31.2. The summed E-state index contributed by atoms with van der Waals surface area (Å²) in [7, 11) is 0. The summed E-state index contributed by atoms with van der Waals surface area (Å²) >= 11 is 0. The number of hydrogen-bond acceptors (Lipinski definition) is 7. The Hall–Kier alpha value is -1.88.